The number of imide groups is 1. The van der Waals surface area contributed by atoms with E-state index in [1.807, 2.05) is 5.32 Å². The highest BCUT2D eigenvalue weighted by molar-refractivity contribution is 8.01. The predicted molar refractivity (Wildman–Crippen MR) is 94.9 cm³/mol. The van der Waals surface area contributed by atoms with Gasteiger partial charge in [-0.3, -0.25) is 19.9 Å². The number of anilines is 2. The van der Waals surface area contributed by atoms with E-state index in [1.54, 1.807) is 25.4 Å². The minimum atomic E-state index is -0.947. The van der Waals surface area contributed by atoms with E-state index < -0.39 is 28.4 Å². The molecule has 0 saturated carbocycles. The molecule has 0 radical (unpaired) electrons. The van der Waals surface area contributed by atoms with Gasteiger partial charge in [0.25, 0.3) is 11.8 Å². The molecule has 136 valence electrons. The van der Waals surface area contributed by atoms with Gasteiger partial charge in [0.1, 0.15) is 5.00 Å². The number of carbonyl (C=O) groups is 3. The Kier molecular flexibility index (Phi) is 5.38. The maximum atomic E-state index is 13.6. The topological polar surface area (TPSA) is 109 Å². The molecule has 1 aliphatic rings. The van der Waals surface area contributed by atoms with Crippen molar-refractivity contribution in [2.24, 2.45) is 0 Å². The van der Waals surface area contributed by atoms with Gasteiger partial charge >= 0.3 is 6.09 Å². The molecule has 1 aliphatic heterocycles. The van der Waals surface area contributed by atoms with E-state index in [-0.39, 0.29) is 17.2 Å². The lowest BCUT2D eigenvalue weighted by Crippen LogP contribution is -2.32. The van der Waals surface area contributed by atoms with Crippen molar-refractivity contribution in [2.45, 2.75) is 17.2 Å². The third-order valence-electron chi connectivity index (χ3n) is 3.23. The van der Waals surface area contributed by atoms with E-state index >= 15 is 0 Å². The Hall–Kier alpha value is -2.66. The standard InChI is InChI=1S/C15H13FN4O4S2/c1-2-24-15(23)20-11(21)7-5-10(16)26-13(7)19-12(22)14-18-8-6-17-4-3-9(8)25-14/h3-6,14,18H,2H2,1H3,(H,19,22)(H,20,21,23). The summed E-state index contributed by atoms with van der Waals surface area (Å²) in [5.41, 5.74) is 0.561. The first-order valence-electron chi connectivity index (χ1n) is 7.43. The summed E-state index contributed by atoms with van der Waals surface area (Å²) in [6.45, 7) is 1.67. The van der Waals surface area contributed by atoms with Crippen LogP contribution >= 0.6 is 23.1 Å². The molecule has 11 heteroatoms. The van der Waals surface area contributed by atoms with Crippen molar-refractivity contribution in [1.82, 2.24) is 10.3 Å². The zero-order valence-corrected chi connectivity index (χ0v) is 15.0. The van der Waals surface area contributed by atoms with Crippen LogP contribution in [0.5, 0.6) is 0 Å². The number of fused-ring (bicyclic) bond motifs is 1. The lowest BCUT2D eigenvalue weighted by atomic mass is 10.3. The van der Waals surface area contributed by atoms with Crippen LogP contribution in [0.4, 0.5) is 19.9 Å². The van der Waals surface area contributed by atoms with E-state index in [2.05, 4.69) is 20.4 Å². The van der Waals surface area contributed by atoms with Gasteiger partial charge in [-0.15, -0.1) is 0 Å². The SMILES string of the molecule is CCOC(=O)NC(=O)c1cc(F)sc1NC(=O)C1Nc2cnccc2S1. The van der Waals surface area contributed by atoms with Gasteiger partial charge in [0, 0.05) is 17.2 Å². The first kappa shape index (κ1) is 18.1. The Labute approximate surface area is 155 Å². The Morgan fingerprint density at radius 1 is 1.42 bits per heavy atom. The highest BCUT2D eigenvalue weighted by Gasteiger charge is 2.29. The Morgan fingerprint density at radius 3 is 2.96 bits per heavy atom. The predicted octanol–water partition coefficient (Wildman–Crippen LogP) is 2.65. The van der Waals surface area contributed by atoms with Crippen molar-refractivity contribution in [3.8, 4) is 0 Å². The number of carbonyl (C=O) groups excluding carboxylic acids is 3. The summed E-state index contributed by atoms with van der Waals surface area (Å²) in [5.74, 6) is -1.32. The third kappa shape index (κ3) is 3.94. The number of rotatable bonds is 4. The fourth-order valence-electron chi connectivity index (χ4n) is 2.14. The molecular weight excluding hydrogens is 383 g/mol. The van der Waals surface area contributed by atoms with E-state index in [9.17, 15) is 18.8 Å². The molecule has 1 unspecified atom stereocenters. The highest BCUT2D eigenvalue weighted by Crippen LogP contribution is 2.38. The number of aromatic nitrogens is 1. The fraction of sp³-hybridized carbons (Fsp3) is 0.200. The molecule has 0 saturated heterocycles. The molecule has 3 heterocycles. The van der Waals surface area contributed by atoms with Crippen LogP contribution < -0.4 is 16.0 Å². The molecule has 3 rings (SSSR count). The molecule has 2 aromatic rings. The van der Waals surface area contributed by atoms with Crippen molar-refractivity contribution in [1.29, 1.82) is 0 Å². The number of alkyl carbamates (subject to hydrolysis) is 1. The Bertz CT molecular complexity index is 848. The van der Waals surface area contributed by atoms with Gasteiger partial charge in [0.05, 0.1) is 24.1 Å². The number of pyridine rings is 1. The Balaban J connectivity index is 1.70. The fourth-order valence-corrected chi connectivity index (χ4v) is 3.91. The Morgan fingerprint density at radius 2 is 2.23 bits per heavy atom. The molecule has 0 bridgehead atoms. The molecule has 0 spiro atoms. The molecule has 2 aromatic heterocycles. The van der Waals surface area contributed by atoms with Crippen LogP contribution in [0.2, 0.25) is 0 Å². The number of nitrogens with one attached hydrogen (secondary N) is 3. The number of halogens is 1. The minimum absolute atomic E-state index is 0.00535. The van der Waals surface area contributed by atoms with Crippen LogP contribution in [-0.2, 0) is 9.53 Å². The van der Waals surface area contributed by atoms with Crippen LogP contribution in [0.15, 0.2) is 29.4 Å². The molecule has 1 atom stereocenters. The monoisotopic (exact) mass is 396 g/mol. The number of ether oxygens (including phenoxy) is 1. The zero-order valence-electron chi connectivity index (χ0n) is 13.4. The van der Waals surface area contributed by atoms with Crippen LogP contribution in [-0.4, -0.2) is 34.9 Å². The van der Waals surface area contributed by atoms with Gasteiger partial charge in [-0.05, 0) is 13.0 Å². The molecule has 26 heavy (non-hydrogen) atoms. The van der Waals surface area contributed by atoms with E-state index in [0.29, 0.717) is 11.3 Å². The smallest absolute Gasteiger partial charge is 0.414 e. The van der Waals surface area contributed by atoms with Gasteiger partial charge in [0.15, 0.2) is 10.5 Å². The molecule has 0 aliphatic carbocycles. The van der Waals surface area contributed by atoms with Crippen LogP contribution in [0.3, 0.4) is 0 Å². The van der Waals surface area contributed by atoms with Crippen LogP contribution in [0.1, 0.15) is 17.3 Å². The van der Waals surface area contributed by atoms with Gasteiger partial charge in [0.2, 0.25) is 0 Å². The molecule has 0 aromatic carbocycles. The molecular formula is C15H13FN4O4S2. The quantitative estimate of drug-likeness (QED) is 0.729. The van der Waals surface area contributed by atoms with Gasteiger partial charge in [-0.25, -0.2) is 4.79 Å². The summed E-state index contributed by atoms with van der Waals surface area (Å²) in [6.07, 6.45) is 2.26. The molecule has 0 fully saturated rings. The average Bonchev–Trinajstić information content (AvgIpc) is 3.18. The summed E-state index contributed by atoms with van der Waals surface area (Å²) < 4.78 is 18.2. The third-order valence-corrected chi connectivity index (χ3v) is 5.24. The number of thiophene rings is 1. The van der Waals surface area contributed by atoms with Crippen LogP contribution in [0.25, 0.3) is 0 Å². The van der Waals surface area contributed by atoms with Crippen molar-refractivity contribution < 1.29 is 23.5 Å². The lowest BCUT2D eigenvalue weighted by Gasteiger charge is -2.11. The van der Waals surface area contributed by atoms with Gasteiger partial charge < -0.3 is 15.4 Å². The molecule has 3 N–H and O–H groups in total. The van der Waals surface area contributed by atoms with E-state index in [1.165, 1.54) is 11.8 Å². The van der Waals surface area contributed by atoms with Crippen molar-refractivity contribution in [2.75, 3.05) is 17.2 Å². The van der Waals surface area contributed by atoms with Crippen molar-refractivity contribution in [3.05, 3.63) is 35.2 Å². The maximum absolute atomic E-state index is 13.6. The van der Waals surface area contributed by atoms with Crippen LogP contribution in [0, 0.1) is 5.13 Å². The second-order valence-corrected chi connectivity index (χ2v) is 7.12. The highest BCUT2D eigenvalue weighted by atomic mass is 32.2. The first-order chi connectivity index (χ1) is 12.5. The number of amides is 3. The summed E-state index contributed by atoms with van der Waals surface area (Å²) in [4.78, 5) is 40.7. The van der Waals surface area contributed by atoms with Gasteiger partial charge in [-0.1, -0.05) is 23.1 Å². The van der Waals surface area contributed by atoms with E-state index in [4.69, 9.17) is 0 Å². The number of thioether (sulfide) groups is 1. The number of nitrogens with zero attached hydrogens (tertiary/aromatic N) is 1. The number of hydrogen-bond donors (Lipinski definition) is 3. The second-order valence-electron chi connectivity index (χ2n) is 4.97. The summed E-state index contributed by atoms with van der Waals surface area (Å²) in [5, 5.41) is 6.15. The first-order valence-corrected chi connectivity index (χ1v) is 9.13. The summed E-state index contributed by atoms with van der Waals surface area (Å²) >= 11 is 1.87. The van der Waals surface area contributed by atoms with E-state index in [0.717, 1.165) is 16.6 Å². The largest absolute Gasteiger partial charge is 0.450 e. The minimum Gasteiger partial charge on any atom is -0.450 e. The number of hydrogen-bond acceptors (Lipinski definition) is 8. The zero-order chi connectivity index (χ0) is 18.7. The molecule has 3 amide bonds. The summed E-state index contributed by atoms with van der Waals surface area (Å²) in [7, 11) is 0. The van der Waals surface area contributed by atoms with Crippen molar-refractivity contribution in [3.63, 3.8) is 0 Å². The normalized spacial score (nSPS) is 14.9. The van der Waals surface area contributed by atoms with Gasteiger partial charge in [-0.2, -0.15) is 4.39 Å². The molecule has 8 nitrogen and oxygen atoms in total. The van der Waals surface area contributed by atoms with Crippen molar-refractivity contribution >= 4 is 51.7 Å². The lowest BCUT2D eigenvalue weighted by molar-refractivity contribution is -0.115. The maximum Gasteiger partial charge on any atom is 0.414 e. The second kappa shape index (κ2) is 7.70. The summed E-state index contributed by atoms with van der Waals surface area (Å²) in [6, 6.07) is 2.71. The average molecular weight is 396 g/mol.